The summed E-state index contributed by atoms with van der Waals surface area (Å²) in [7, 11) is 1.60. The molecule has 1 amide bonds. The first-order chi connectivity index (χ1) is 14.5. The molecule has 2 heterocycles. The first-order valence-corrected chi connectivity index (χ1v) is 9.99. The Morgan fingerprint density at radius 1 is 1.27 bits per heavy atom. The molecule has 156 valence electrons. The van der Waals surface area contributed by atoms with Crippen molar-refractivity contribution in [3.63, 3.8) is 0 Å². The van der Waals surface area contributed by atoms with Gasteiger partial charge in [-0.05, 0) is 40.5 Å². The summed E-state index contributed by atoms with van der Waals surface area (Å²) in [6.45, 7) is 4.89. The number of methoxy groups -OCH3 is 1. The van der Waals surface area contributed by atoms with Gasteiger partial charge in [0.25, 0.3) is 0 Å². The predicted octanol–water partition coefficient (Wildman–Crippen LogP) is 4.28. The maximum Gasteiger partial charge on any atom is 0.417 e. The Kier molecular flexibility index (Phi) is 5.59. The molecule has 2 aromatic carbocycles. The highest BCUT2D eigenvalue weighted by molar-refractivity contribution is 6.32. The van der Waals surface area contributed by atoms with Gasteiger partial charge in [-0.2, -0.15) is 4.98 Å². The van der Waals surface area contributed by atoms with E-state index in [4.69, 9.17) is 21.1 Å². The highest BCUT2D eigenvalue weighted by atomic mass is 35.5. The van der Waals surface area contributed by atoms with E-state index in [1.54, 1.807) is 7.11 Å². The molecule has 3 aromatic rings. The Labute approximate surface area is 179 Å². The normalized spacial score (nSPS) is 16.2. The Hall–Kier alpha value is -3.13. The second kappa shape index (κ2) is 8.31. The molecule has 1 fully saturated rings. The number of carbonyl (C=O) groups excluding carboxylic acids is 1. The van der Waals surface area contributed by atoms with Gasteiger partial charge in [0.05, 0.1) is 18.2 Å². The maximum absolute atomic E-state index is 12.1. The van der Waals surface area contributed by atoms with Crippen LogP contribution < -0.4 is 15.0 Å². The molecule has 9 heteroatoms. The zero-order valence-corrected chi connectivity index (χ0v) is 17.7. The first-order valence-electron chi connectivity index (χ1n) is 9.61. The molecule has 0 aliphatic carbocycles. The predicted molar refractivity (Wildman–Crippen MR) is 115 cm³/mol. The lowest BCUT2D eigenvalue weighted by molar-refractivity contribution is 0.177. The van der Waals surface area contributed by atoms with E-state index < -0.39 is 6.09 Å². The number of nitrogens with zero attached hydrogens (tertiary/aromatic N) is 4. The van der Waals surface area contributed by atoms with Gasteiger partial charge in [0.1, 0.15) is 18.7 Å². The molecule has 4 rings (SSSR count). The largest absolute Gasteiger partial charge is 0.495 e. The van der Waals surface area contributed by atoms with Gasteiger partial charge in [-0.25, -0.2) is 19.7 Å². The molecule has 1 aliphatic heterocycles. The van der Waals surface area contributed by atoms with Gasteiger partial charge in [-0.15, -0.1) is 0 Å². The number of anilines is 2. The Bertz CT molecular complexity index is 1090. The van der Waals surface area contributed by atoms with E-state index in [0.717, 1.165) is 16.3 Å². The third kappa shape index (κ3) is 3.95. The zero-order valence-electron chi connectivity index (χ0n) is 16.9. The summed E-state index contributed by atoms with van der Waals surface area (Å²) in [6.07, 6.45) is 0.952. The van der Waals surface area contributed by atoms with Gasteiger partial charge in [-0.3, -0.25) is 0 Å². The number of halogens is 1. The minimum atomic E-state index is -0.437. The van der Waals surface area contributed by atoms with Crippen molar-refractivity contribution in [3.05, 3.63) is 47.2 Å². The monoisotopic (exact) mass is 427 g/mol. The van der Waals surface area contributed by atoms with Crippen LogP contribution in [0.25, 0.3) is 10.8 Å². The van der Waals surface area contributed by atoms with E-state index in [1.165, 1.54) is 11.2 Å². The number of benzene rings is 2. The zero-order chi connectivity index (χ0) is 21.3. The molecule has 0 spiro atoms. The van der Waals surface area contributed by atoms with Crippen molar-refractivity contribution in [2.24, 2.45) is 5.92 Å². The van der Waals surface area contributed by atoms with Crippen LogP contribution in [0.4, 0.5) is 16.7 Å². The highest BCUT2D eigenvalue weighted by Gasteiger charge is 2.38. The molecular weight excluding hydrogens is 406 g/mol. The van der Waals surface area contributed by atoms with Gasteiger partial charge in [0, 0.05) is 6.54 Å². The van der Waals surface area contributed by atoms with Crippen molar-refractivity contribution in [3.8, 4) is 5.75 Å². The molecule has 1 aliphatic rings. The molecule has 1 aromatic heterocycles. The van der Waals surface area contributed by atoms with Crippen molar-refractivity contribution in [1.29, 1.82) is 0 Å². The number of hydrogen-bond acceptors (Lipinski definition) is 7. The van der Waals surface area contributed by atoms with E-state index in [-0.39, 0.29) is 17.9 Å². The van der Waals surface area contributed by atoms with Gasteiger partial charge < -0.3 is 14.8 Å². The maximum atomic E-state index is 12.1. The molecule has 1 N–H and O–H groups in total. The minimum Gasteiger partial charge on any atom is -0.495 e. The van der Waals surface area contributed by atoms with Crippen LogP contribution in [0.5, 0.6) is 5.75 Å². The van der Waals surface area contributed by atoms with Gasteiger partial charge >= 0.3 is 6.09 Å². The van der Waals surface area contributed by atoms with Crippen molar-refractivity contribution < 1.29 is 14.3 Å². The fourth-order valence-electron chi connectivity index (χ4n) is 3.39. The Balaban J connectivity index is 1.52. The molecule has 0 radical (unpaired) electrons. The number of fused-ring (bicyclic) bond motifs is 1. The molecule has 0 bridgehead atoms. The van der Waals surface area contributed by atoms with Crippen LogP contribution in [-0.2, 0) is 11.3 Å². The van der Waals surface area contributed by atoms with E-state index in [1.807, 2.05) is 44.2 Å². The summed E-state index contributed by atoms with van der Waals surface area (Å²) < 4.78 is 10.4. The van der Waals surface area contributed by atoms with Crippen molar-refractivity contribution in [2.45, 2.75) is 26.4 Å². The van der Waals surface area contributed by atoms with Crippen LogP contribution in [0.3, 0.4) is 0 Å². The summed E-state index contributed by atoms with van der Waals surface area (Å²) in [5.41, 5.74) is 1.03. The van der Waals surface area contributed by atoms with Gasteiger partial charge in [0.2, 0.25) is 11.9 Å². The lowest BCUT2D eigenvalue weighted by Gasteiger charge is -2.22. The van der Waals surface area contributed by atoms with Crippen LogP contribution in [-0.4, -0.2) is 40.8 Å². The van der Waals surface area contributed by atoms with Crippen molar-refractivity contribution in [1.82, 2.24) is 15.0 Å². The van der Waals surface area contributed by atoms with Crippen LogP contribution in [0.2, 0.25) is 5.02 Å². The van der Waals surface area contributed by atoms with Crippen molar-refractivity contribution in [2.75, 3.05) is 23.9 Å². The van der Waals surface area contributed by atoms with Crippen molar-refractivity contribution >= 4 is 40.4 Å². The molecule has 8 nitrogen and oxygen atoms in total. The molecule has 1 atom stereocenters. The fourth-order valence-corrected chi connectivity index (χ4v) is 3.64. The summed E-state index contributed by atoms with van der Waals surface area (Å²) in [5, 5.41) is 5.80. The van der Waals surface area contributed by atoms with Gasteiger partial charge in [-0.1, -0.05) is 37.6 Å². The summed E-state index contributed by atoms with van der Waals surface area (Å²) in [6, 6.07) is 9.76. The third-order valence-electron chi connectivity index (χ3n) is 5.08. The SMILES string of the molecule is COc1cc2ccc(CNc3ncnc(N4C(=O)OC[C@@H]4C(C)C)n3)cc2cc1Cl. The average molecular weight is 428 g/mol. The minimum absolute atomic E-state index is 0.102. The van der Waals surface area contributed by atoms with Crippen LogP contribution >= 0.6 is 11.6 Å². The van der Waals surface area contributed by atoms with Crippen LogP contribution in [0.15, 0.2) is 36.7 Å². The van der Waals surface area contributed by atoms with Crippen LogP contribution in [0.1, 0.15) is 19.4 Å². The average Bonchev–Trinajstić information content (AvgIpc) is 3.13. The summed E-state index contributed by atoms with van der Waals surface area (Å²) in [4.78, 5) is 26.4. The number of aromatic nitrogens is 3. The molecule has 0 unspecified atom stereocenters. The number of cyclic esters (lactones) is 1. The Morgan fingerprint density at radius 3 is 2.87 bits per heavy atom. The van der Waals surface area contributed by atoms with E-state index in [0.29, 0.717) is 29.9 Å². The summed E-state index contributed by atoms with van der Waals surface area (Å²) in [5.74, 6) is 1.53. The molecule has 1 saturated heterocycles. The van der Waals surface area contributed by atoms with E-state index in [2.05, 4.69) is 20.3 Å². The quantitative estimate of drug-likeness (QED) is 0.627. The number of amides is 1. The van der Waals surface area contributed by atoms with Crippen LogP contribution in [0, 0.1) is 5.92 Å². The Morgan fingerprint density at radius 2 is 2.10 bits per heavy atom. The summed E-state index contributed by atoms with van der Waals surface area (Å²) >= 11 is 6.24. The standard InChI is InChI=1S/C21H22ClN5O3/c1-12(2)17-10-30-21(28)27(17)20-25-11-24-19(26-20)23-9-13-4-5-14-8-18(29-3)16(22)7-15(14)6-13/h4-8,11-12,17H,9-10H2,1-3H3,(H,23,24,25,26)/t17-/m1/s1. The molecule has 0 saturated carbocycles. The third-order valence-corrected chi connectivity index (χ3v) is 5.37. The van der Waals surface area contributed by atoms with Gasteiger partial charge in [0.15, 0.2) is 0 Å². The number of ether oxygens (including phenoxy) is 2. The van der Waals surface area contributed by atoms with E-state index >= 15 is 0 Å². The second-order valence-electron chi connectivity index (χ2n) is 7.39. The molecular formula is C21H22ClN5O3. The first kappa shape index (κ1) is 20.2. The second-order valence-corrected chi connectivity index (χ2v) is 7.80. The number of carbonyl (C=O) groups is 1. The smallest absolute Gasteiger partial charge is 0.417 e. The van der Waals surface area contributed by atoms with E-state index in [9.17, 15) is 4.79 Å². The fraction of sp³-hybridized carbons (Fsp3) is 0.333. The number of hydrogen-bond donors (Lipinski definition) is 1. The highest BCUT2D eigenvalue weighted by Crippen LogP contribution is 2.30. The molecule has 30 heavy (non-hydrogen) atoms. The number of rotatable bonds is 6. The lowest BCUT2D eigenvalue weighted by Crippen LogP contribution is -2.38. The topological polar surface area (TPSA) is 89.5 Å². The number of nitrogens with one attached hydrogen (secondary N) is 1. The lowest BCUT2D eigenvalue weighted by atomic mass is 10.1.